The lowest BCUT2D eigenvalue weighted by Crippen LogP contribution is -2.31. The fourth-order valence-corrected chi connectivity index (χ4v) is 4.73. The van der Waals surface area contributed by atoms with Crippen molar-refractivity contribution in [2.24, 2.45) is 10.8 Å². The second kappa shape index (κ2) is 14.5. The average Bonchev–Trinajstić information content (AvgIpc) is 3.23. The maximum atomic E-state index is 12.5. The summed E-state index contributed by atoms with van der Waals surface area (Å²) in [5.74, 6) is -0.159. The van der Waals surface area contributed by atoms with Gasteiger partial charge in [-0.05, 0) is 50.3 Å². The van der Waals surface area contributed by atoms with Gasteiger partial charge in [0.2, 0.25) is 5.78 Å². The third-order valence-electron chi connectivity index (χ3n) is 4.43. The molecule has 1 atom stereocenters. The summed E-state index contributed by atoms with van der Waals surface area (Å²) >= 11 is 1.27. The highest BCUT2D eigenvalue weighted by molar-refractivity contribution is 7.89. The molecule has 0 fully saturated rings. The first-order valence-corrected chi connectivity index (χ1v) is 11.7. The van der Waals surface area contributed by atoms with Crippen LogP contribution in [0.1, 0.15) is 39.3 Å². The van der Waals surface area contributed by atoms with E-state index in [1.807, 2.05) is 13.0 Å². The Hall–Kier alpha value is -1.60. The minimum atomic E-state index is -3.79. The van der Waals surface area contributed by atoms with Gasteiger partial charge in [-0.1, -0.05) is 17.0 Å². The number of carbonyl (C=O) groups excluding carboxylic acids is 1. The molecule has 0 saturated carbocycles. The van der Waals surface area contributed by atoms with Crippen molar-refractivity contribution in [3.05, 3.63) is 45.4 Å². The van der Waals surface area contributed by atoms with Gasteiger partial charge in [0.25, 0.3) is 10.0 Å². The molecule has 0 amide bonds. The minimum absolute atomic E-state index is 0. The summed E-state index contributed by atoms with van der Waals surface area (Å²) in [5.41, 5.74) is 10.9. The highest BCUT2D eigenvalue weighted by Crippen LogP contribution is 2.22. The fraction of sp³-hybridized carbons (Fsp3) is 0.421. The lowest BCUT2D eigenvalue weighted by Gasteiger charge is -2.13. The van der Waals surface area contributed by atoms with Crippen molar-refractivity contribution in [3.63, 3.8) is 0 Å². The van der Waals surface area contributed by atoms with E-state index in [2.05, 4.69) is 20.4 Å². The third kappa shape index (κ3) is 8.74. The summed E-state index contributed by atoms with van der Waals surface area (Å²) in [5, 5.41) is 6.09. The predicted molar refractivity (Wildman–Crippen MR) is 132 cm³/mol. The first-order chi connectivity index (χ1) is 14.2. The number of nitrogens with zero attached hydrogens (tertiary/aromatic N) is 2. The number of hydrogen-bond acceptors (Lipinski definition) is 9. The van der Waals surface area contributed by atoms with Gasteiger partial charge in [0.1, 0.15) is 6.61 Å². The zero-order valence-electron chi connectivity index (χ0n) is 18.0. The quantitative estimate of drug-likeness (QED) is 0.167. The molecule has 4 N–H and O–H groups in total. The molecule has 1 heterocycles. The van der Waals surface area contributed by atoms with Gasteiger partial charge in [-0.15, -0.1) is 36.2 Å². The lowest BCUT2D eigenvalue weighted by molar-refractivity contribution is 0.0956. The second-order valence-corrected chi connectivity index (χ2v) is 9.20. The van der Waals surface area contributed by atoms with E-state index in [0.29, 0.717) is 35.5 Å². The van der Waals surface area contributed by atoms with Gasteiger partial charge in [0.05, 0.1) is 17.2 Å². The Morgan fingerprint density at radius 3 is 2.62 bits per heavy atom. The third-order valence-corrected chi connectivity index (χ3v) is 6.73. The van der Waals surface area contributed by atoms with Crippen LogP contribution in [-0.2, 0) is 14.9 Å². The van der Waals surface area contributed by atoms with Crippen LogP contribution in [0.5, 0.6) is 0 Å². The first-order valence-electron chi connectivity index (χ1n) is 9.38. The van der Waals surface area contributed by atoms with E-state index >= 15 is 0 Å². The van der Waals surface area contributed by atoms with Gasteiger partial charge in [-0.2, -0.15) is 5.10 Å². The van der Waals surface area contributed by atoms with Gasteiger partial charge in [0.15, 0.2) is 5.01 Å². The molecule has 2 aromatic rings. The lowest BCUT2D eigenvalue weighted by atomic mass is 10.1. The normalized spacial score (nSPS) is 12.1. The van der Waals surface area contributed by atoms with E-state index < -0.39 is 16.1 Å². The maximum absolute atomic E-state index is 12.5. The largest absolute Gasteiger partial charge is 0.321 e. The summed E-state index contributed by atoms with van der Waals surface area (Å²) in [7, 11) is -3.79. The number of nitrogens with two attached hydrogens (primary N) is 1. The van der Waals surface area contributed by atoms with E-state index in [1.54, 1.807) is 31.5 Å². The Morgan fingerprint density at radius 2 is 1.97 bits per heavy atom. The molecule has 1 aromatic carbocycles. The van der Waals surface area contributed by atoms with Crippen LogP contribution in [-0.4, -0.2) is 44.6 Å². The highest BCUT2D eigenvalue weighted by Gasteiger charge is 2.20. The van der Waals surface area contributed by atoms with Gasteiger partial charge in [-0.3, -0.25) is 9.63 Å². The zero-order valence-corrected chi connectivity index (χ0v) is 21.3. The highest BCUT2D eigenvalue weighted by atomic mass is 35.5. The van der Waals surface area contributed by atoms with Crippen molar-refractivity contribution in [2.45, 2.75) is 44.6 Å². The van der Waals surface area contributed by atoms with Crippen LogP contribution in [0.15, 0.2) is 33.7 Å². The van der Waals surface area contributed by atoms with E-state index in [9.17, 15) is 13.2 Å². The van der Waals surface area contributed by atoms with E-state index in [4.69, 9.17) is 10.6 Å². The summed E-state index contributed by atoms with van der Waals surface area (Å²) in [6.45, 7) is 5.83. The molecular formula is C19H29Cl2N5O4S2. The fourth-order valence-electron chi connectivity index (χ4n) is 2.73. The standard InChI is InChI=1S/C19H27N5O4S2.2ClH/c1-13-6-7-14(2)18(15(13)3)30(26,27)24-28-11-9-23-22-8-4-5-16(20)17(25)19-21-10-12-29-19;;/h6-7,9-10,12,16,22,24H,4-5,8,11,20H2,1-3H3;2*1H/t16-;;/m0../s1. The van der Waals surface area contributed by atoms with E-state index in [-0.39, 0.29) is 42.1 Å². The Labute approximate surface area is 205 Å². The second-order valence-electron chi connectivity index (χ2n) is 6.72. The molecule has 32 heavy (non-hydrogen) atoms. The summed E-state index contributed by atoms with van der Waals surface area (Å²) in [6, 6.07) is 3.05. The number of Topliss-reactive ketones (excluding diaryl/α,β-unsaturated/α-hetero) is 1. The molecular weight excluding hydrogens is 497 g/mol. The Kier molecular flexibility index (Phi) is 13.8. The Balaban J connectivity index is 0.00000480. The van der Waals surface area contributed by atoms with E-state index in [1.165, 1.54) is 17.6 Å². The summed E-state index contributed by atoms with van der Waals surface area (Å²) < 4.78 is 24.9. The molecule has 0 bridgehead atoms. The SMILES string of the molecule is Cc1ccc(C)c(S(=O)(=O)NOCC=NNCCC[C@H](N)C(=O)c2nccs2)c1C.Cl.Cl. The number of aromatic nitrogens is 1. The van der Waals surface area contributed by atoms with Crippen LogP contribution >= 0.6 is 36.2 Å². The van der Waals surface area contributed by atoms with Crippen LogP contribution < -0.4 is 16.0 Å². The molecule has 0 unspecified atom stereocenters. The van der Waals surface area contributed by atoms with Crippen LogP contribution in [0.3, 0.4) is 0 Å². The molecule has 2 rings (SSSR count). The van der Waals surface area contributed by atoms with Crippen molar-refractivity contribution in [1.82, 2.24) is 15.3 Å². The molecule has 0 aliphatic heterocycles. The molecule has 1 aromatic heterocycles. The molecule has 0 spiro atoms. The predicted octanol–water partition coefficient (Wildman–Crippen LogP) is 2.69. The molecule has 13 heteroatoms. The number of hydrazone groups is 1. The molecule has 180 valence electrons. The van der Waals surface area contributed by atoms with Crippen molar-refractivity contribution < 1.29 is 18.0 Å². The van der Waals surface area contributed by atoms with Gasteiger partial charge in [0, 0.05) is 18.1 Å². The zero-order chi connectivity index (χ0) is 22.1. The molecule has 0 aliphatic carbocycles. The number of sulfonamides is 1. The minimum Gasteiger partial charge on any atom is -0.321 e. The number of ketones is 1. The Morgan fingerprint density at radius 1 is 1.28 bits per heavy atom. The Bertz CT molecular complexity index is 986. The summed E-state index contributed by atoms with van der Waals surface area (Å²) in [4.78, 5) is 23.3. The smallest absolute Gasteiger partial charge is 0.263 e. The number of thiazole rings is 1. The average molecular weight is 527 g/mol. The van der Waals surface area contributed by atoms with Crippen LogP contribution in [0.25, 0.3) is 0 Å². The summed E-state index contributed by atoms with van der Waals surface area (Å²) in [6.07, 6.45) is 4.13. The van der Waals surface area contributed by atoms with Crippen LogP contribution in [0, 0.1) is 20.8 Å². The molecule has 0 saturated heterocycles. The number of benzene rings is 1. The maximum Gasteiger partial charge on any atom is 0.263 e. The van der Waals surface area contributed by atoms with Crippen LogP contribution in [0.2, 0.25) is 0 Å². The number of rotatable bonds is 12. The van der Waals surface area contributed by atoms with Crippen molar-refractivity contribution >= 4 is 58.2 Å². The number of aryl methyl sites for hydroxylation is 2. The number of halogens is 2. The number of carbonyl (C=O) groups is 1. The van der Waals surface area contributed by atoms with Crippen molar-refractivity contribution in [2.75, 3.05) is 13.2 Å². The molecule has 9 nitrogen and oxygen atoms in total. The first kappa shape index (κ1) is 30.4. The van der Waals surface area contributed by atoms with Crippen molar-refractivity contribution in [1.29, 1.82) is 0 Å². The topological polar surface area (TPSA) is 136 Å². The van der Waals surface area contributed by atoms with Crippen molar-refractivity contribution in [3.8, 4) is 0 Å². The number of hydrogen-bond donors (Lipinski definition) is 3. The van der Waals surface area contributed by atoms with Crippen LogP contribution in [0.4, 0.5) is 0 Å². The van der Waals surface area contributed by atoms with E-state index in [0.717, 1.165) is 5.56 Å². The van der Waals surface area contributed by atoms with Gasteiger partial charge in [-0.25, -0.2) is 13.4 Å². The van der Waals surface area contributed by atoms with Gasteiger partial charge >= 0.3 is 0 Å². The number of nitrogens with one attached hydrogen (secondary N) is 2. The molecule has 0 aliphatic rings. The molecule has 0 radical (unpaired) electrons. The monoisotopic (exact) mass is 525 g/mol. The van der Waals surface area contributed by atoms with Gasteiger partial charge < -0.3 is 11.2 Å².